The monoisotopic (exact) mass is 355 g/mol. The number of aryl methyl sites for hydroxylation is 2. The second kappa shape index (κ2) is 7.11. The molecular weight excluding hydrogens is 338 g/mol. The number of carbonyl (C=O) groups is 3. The summed E-state index contributed by atoms with van der Waals surface area (Å²) in [7, 11) is 0. The summed E-state index contributed by atoms with van der Waals surface area (Å²) in [5, 5.41) is 0.549. The van der Waals surface area contributed by atoms with Gasteiger partial charge in [0, 0.05) is 10.6 Å². The second-order valence-electron chi connectivity index (χ2n) is 5.76. The molecule has 0 N–H and O–H groups in total. The minimum atomic E-state index is -0.606. The molecule has 128 valence electrons. The summed E-state index contributed by atoms with van der Waals surface area (Å²) in [6.07, 6.45) is 0.102. The number of fused-ring (bicyclic) bond motifs is 1. The van der Waals surface area contributed by atoms with Gasteiger partial charge in [-0.25, -0.2) is 4.79 Å². The van der Waals surface area contributed by atoms with E-state index < -0.39 is 17.8 Å². The number of amides is 2. The average Bonchev–Trinajstić information content (AvgIpc) is 2.83. The molecule has 0 bridgehead atoms. The number of hydroxylamine groups is 2. The summed E-state index contributed by atoms with van der Waals surface area (Å²) in [5.41, 5.74) is 2.92. The van der Waals surface area contributed by atoms with Crippen LogP contribution in [0.25, 0.3) is 0 Å². The lowest BCUT2D eigenvalue weighted by atomic mass is 10.1. The van der Waals surface area contributed by atoms with Crippen molar-refractivity contribution in [2.75, 3.05) is 5.75 Å². The fourth-order valence-corrected chi connectivity index (χ4v) is 3.38. The number of hydrogen-bond acceptors (Lipinski definition) is 5. The third kappa shape index (κ3) is 3.58. The molecule has 3 rings (SSSR count). The molecule has 0 aliphatic carbocycles. The Balaban J connectivity index is 1.54. The second-order valence-corrected chi connectivity index (χ2v) is 6.93. The van der Waals surface area contributed by atoms with Crippen molar-refractivity contribution >= 4 is 29.5 Å². The van der Waals surface area contributed by atoms with Crippen LogP contribution >= 0.6 is 11.8 Å². The maximum Gasteiger partial charge on any atom is 0.334 e. The number of hydrogen-bond donors (Lipinski definition) is 0. The van der Waals surface area contributed by atoms with Crippen molar-refractivity contribution in [2.45, 2.75) is 25.2 Å². The minimum absolute atomic E-state index is 0.102. The van der Waals surface area contributed by atoms with E-state index in [1.165, 1.54) is 22.9 Å². The Morgan fingerprint density at radius 3 is 2.24 bits per heavy atom. The molecule has 6 heteroatoms. The van der Waals surface area contributed by atoms with E-state index in [0.717, 1.165) is 4.90 Å². The zero-order chi connectivity index (χ0) is 18.0. The number of carbonyl (C=O) groups excluding carboxylic acids is 3. The van der Waals surface area contributed by atoms with Crippen molar-refractivity contribution in [1.82, 2.24) is 5.06 Å². The van der Waals surface area contributed by atoms with Gasteiger partial charge in [0.25, 0.3) is 11.8 Å². The van der Waals surface area contributed by atoms with E-state index in [1.54, 1.807) is 24.3 Å². The Hall–Kier alpha value is -2.60. The van der Waals surface area contributed by atoms with Gasteiger partial charge in [-0.15, -0.1) is 11.8 Å². The van der Waals surface area contributed by atoms with Gasteiger partial charge < -0.3 is 4.84 Å². The highest BCUT2D eigenvalue weighted by atomic mass is 32.2. The van der Waals surface area contributed by atoms with Crippen LogP contribution in [0.3, 0.4) is 0 Å². The lowest BCUT2D eigenvalue weighted by molar-refractivity contribution is -0.167. The van der Waals surface area contributed by atoms with Crippen molar-refractivity contribution in [3.05, 3.63) is 64.7 Å². The summed E-state index contributed by atoms with van der Waals surface area (Å²) >= 11 is 1.53. The molecule has 0 aromatic heterocycles. The van der Waals surface area contributed by atoms with Gasteiger partial charge in [0.05, 0.1) is 17.5 Å². The highest BCUT2D eigenvalue weighted by Crippen LogP contribution is 2.24. The predicted molar refractivity (Wildman–Crippen MR) is 94.3 cm³/mol. The predicted octanol–water partition coefficient (Wildman–Crippen LogP) is 3.54. The van der Waals surface area contributed by atoms with Crippen LogP contribution in [0.2, 0.25) is 0 Å². The van der Waals surface area contributed by atoms with Gasteiger partial charge in [0.2, 0.25) is 0 Å². The van der Waals surface area contributed by atoms with Gasteiger partial charge in [-0.2, -0.15) is 0 Å². The van der Waals surface area contributed by atoms with E-state index in [-0.39, 0.29) is 17.5 Å². The first-order valence-corrected chi connectivity index (χ1v) is 8.84. The highest BCUT2D eigenvalue weighted by Gasteiger charge is 2.38. The standard InChI is InChI=1S/C19H17NO4S/c1-12-7-8-14(11-13(12)2)25-10-9-17(21)24-20-18(22)15-5-3-4-6-16(15)19(20)23/h3-8,11H,9-10H2,1-2H3. The zero-order valence-electron chi connectivity index (χ0n) is 13.9. The molecule has 1 heterocycles. The van der Waals surface area contributed by atoms with Crippen LogP contribution in [0.1, 0.15) is 38.3 Å². The van der Waals surface area contributed by atoms with Crippen LogP contribution < -0.4 is 0 Å². The number of benzene rings is 2. The first-order valence-electron chi connectivity index (χ1n) is 7.86. The Morgan fingerprint density at radius 2 is 1.64 bits per heavy atom. The van der Waals surface area contributed by atoms with Crippen molar-refractivity contribution in [3.63, 3.8) is 0 Å². The normalized spacial score (nSPS) is 13.1. The molecule has 0 saturated carbocycles. The molecule has 0 saturated heterocycles. The summed E-state index contributed by atoms with van der Waals surface area (Å²) in [5.74, 6) is -1.30. The topological polar surface area (TPSA) is 63.7 Å². The summed E-state index contributed by atoms with van der Waals surface area (Å²) in [6.45, 7) is 4.08. The van der Waals surface area contributed by atoms with Gasteiger partial charge in [0.15, 0.2) is 0 Å². The molecular formula is C19H17NO4S. The van der Waals surface area contributed by atoms with Crippen molar-refractivity contribution in [3.8, 4) is 0 Å². The average molecular weight is 355 g/mol. The third-order valence-electron chi connectivity index (χ3n) is 4.00. The molecule has 25 heavy (non-hydrogen) atoms. The molecule has 0 unspecified atom stereocenters. The molecule has 2 amide bonds. The van der Waals surface area contributed by atoms with Gasteiger partial charge >= 0.3 is 5.97 Å². The highest BCUT2D eigenvalue weighted by molar-refractivity contribution is 7.99. The fraction of sp³-hybridized carbons (Fsp3) is 0.211. The Kier molecular flexibility index (Phi) is 4.90. The molecule has 0 fully saturated rings. The van der Waals surface area contributed by atoms with E-state index in [0.29, 0.717) is 10.8 Å². The van der Waals surface area contributed by atoms with Crippen molar-refractivity contribution in [1.29, 1.82) is 0 Å². The number of rotatable bonds is 5. The fourth-order valence-electron chi connectivity index (χ4n) is 2.45. The first-order chi connectivity index (χ1) is 12.0. The maximum absolute atomic E-state index is 12.1. The van der Waals surface area contributed by atoms with Crippen LogP contribution in [0.5, 0.6) is 0 Å². The Bertz CT molecular complexity index is 827. The largest absolute Gasteiger partial charge is 0.334 e. The first kappa shape index (κ1) is 17.2. The molecule has 2 aromatic rings. The Labute approximate surface area is 149 Å². The smallest absolute Gasteiger partial charge is 0.330 e. The lowest BCUT2D eigenvalue weighted by Gasteiger charge is -2.12. The van der Waals surface area contributed by atoms with Gasteiger partial charge in [0.1, 0.15) is 0 Å². The van der Waals surface area contributed by atoms with Gasteiger partial charge in [-0.3, -0.25) is 9.59 Å². The molecule has 0 radical (unpaired) electrons. The van der Waals surface area contributed by atoms with Crippen molar-refractivity contribution in [2.24, 2.45) is 0 Å². The minimum Gasteiger partial charge on any atom is -0.330 e. The van der Waals surface area contributed by atoms with Gasteiger partial charge in [-0.05, 0) is 49.2 Å². The van der Waals surface area contributed by atoms with Crippen molar-refractivity contribution < 1.29 is 19.2 Å². The molecule has 0 spiro atoms. The van der Waals surface area contributed by atoms with Crippen LogP contribution in [0.4, 0.5) is 0 Å². The lowest BCUT2D eigenvalue weighted by Crippen LogP contribution is -2.32. The molecule has 0 atom stereocenters. The van der Waals surface area contributed by atoms with E-state index in [9.17, 15) is 14.4 Å². The van der Waals surface area contributed by atoms with E-state index in [4.69, 9.17) is 4.84 Å². The van der Waals surface area contributed by atoms with Crippen LogP contribution in [0, 0.1) is 13.8 Å². The number of thioether (sulfide) groups is 1. The quantitative estimate of drug-likeness (QED) is 0.606. The SMILES string of the molecule is Cc1ccc(SCCC(=O)ON2C(=O)c3ccccc3C2=O)cc1C. The van der Waals surface area contributed by atoms with Crippen LogP contribution in [-0.2, 0) is 9.63 Å². The van der Waals surface area contributed by atoms with Crippen LogP contribution in [-0.4, -0.2) is 28.6 Å². The number of nitrogens with zero attached hydrogens (tertiary/aromatic N) is 1. The molecule has 1 aliphatic heterocycles. The maximum atomic E-state index is 12.1. The summed E-state index contributed by atoms with van der Waals surface area (Å²) in [4.78, 5) is 42.3. The number of imide groups is 1. The summed E-state index contributed by atoms with van der Waals surface area (Å²) < 4.78 is 0. The summed E-state index contributed by atoms with van der Waals surface area (Å²) in [6, 6.07) is 12.5. The molecule has 5 nitrogen and oxygen atoms in total. The third-order valence-corrected chi connectivity index (χ3v) is 5.00. The van der Waals surface area contributed by atoms with E-state index in [2.05, 4.69) is 6.07 Å². The van der Waals surface area contributed by atoms with Crippen LogP contribution in [0.15, 0.2) is 47.4 Å². The zero-order valence-corrected chi connectivity index (χ0v) is 14.8. The Morgan fingerprint density at radius 1 is 1.00 bits per heavy atom. The van der Waals surface area contributed by atoms with Gasteiger partial charge in [-0.1, -0.05) is 23.3 Å². The molecule has 2 aromatic carbocycles. The van der Waals surface area contributed by atoms with E-state index in [1.807, 2.05) is 26.0 Å². The van der Waals surface area contributed by atoms with E-state index >= 15 is 0 Å². The molecule has 1 aliphatic rings.